The van der Waals surface area contributed by atoms with E-state index in [1.807, 2.05) is 19.1 Å². The molecule has 0 aliphatic heterocycles. The zero-order chi connectivity index (χ0) is 27.7. The summed E-state index contributed by atoms with van der Waals surface area (Å²) in [5.74, 6) is -0.116. The minimum atomic E-state index is -0.681. The monoisotopic (exact) mass is 548 g/mol. The molecule has 5 aromatic rings. The molecular weight excluding hydrogens is 523 g/mol. The van der Waals surface area contributed by atoms with Crippen molar-refractivity contribution in [3.8, 4) is 22.2 Å². The van der Waals surface area contributed by atoms with E-state index in [-0.39, 0.29) is 5.75 Å². The number of hydrogen-bond donors (Lipinski definition) is 1. The molecule has 39 heavy (non-hydrogen) atoms. The molecular formula is C27H25FN6O4S. The summed E-state index contributed by atoms with van der Waals surface area (Å²) in [5.41, 5.74) is 4.74. The molecule has 0 bridgehead atoms. The minimum Gasteiger partial charge on any atom is -0.484 e. The fourth-order valence-electron chi connectivity index (χ4n) is 3.89. The first-order valence-electron chi connectivity index (χ1n) is 12.1. The molecule has 3 heterocycles. The third kappa shape index (κ3) is 5.70. The van der Waals surface area contributed by atoms with Gasteiger partial charge in [-0.1, -0.05) is 0 Å². The molecule has 0 fully saturated rings. The van der Waals surface area contributed by atoms with Crippen LogP contribution in [0.4, 0.5) is 14.9 Å². The number of halogens is 1. The van der Waals surface area contributed by atoms with Crippen LogP contribution in [-0.4, -0.2) is 50.6 Å². The van der Waals surface area contributed by atoms with Crippen molar-refractivity contribution < 1.29 is 23.4 Å². The van der Waals surface area contributed by atoms with Crippen LogP contribution in [0.25, 0.3) is 31.8 Å². The number of nitrogens with one attached hydrogen (secondary N) is 1. The SMILES string of the molecule is COc1cnc2c(-c3nc4cc(F)c(O[C@@H](C)[C@@H](C)OC(=O)Nc5cnnc(C)c5)cc4s3)cc(C)cc2n1. The Morgan fingerprint density at radius 2 is 1.85 bits per heavy atom. The lowest BCUT2D eigenvalue weighted by atomic mass is 10.1. The molecule has 0 spiro atoms. The van der Waals surface area contributed by atoms with Gasteiger partial charge in [-0.05, 0) is 51.5 Å². The minimum absolute atomic E-state index is 0.0358. The number of aryl methyl sites for hydroxylation is 2. The van der Waals surface area contributed by atoms with Crippen molar-refractivity contribution in [1.82, 2.24) is 25.1 Å². The second kappa shape index (κ2) is 10.7. The topological polar surface area (TPSA) is 121 Å². The summed E-state index contributed by atoms with van der Waals surface area (Å²) in [6, 6.07) is 8.50. The highest BCUT2D eigenvalue weighted by Crippen LogP contribution is 2.37. The molecule has 2 atom stereocenters. The standard InChI is InChI=1S/C27H25FN6O4S/c1-13-6-18(25-21(7-13)32-24(36-5)12-29-25)26-33-20-9-19(28)22(10-23(20)39-26)37-15(3)16(4)38-27(35)31-17-8-14(2)34-30-11-17/h6-12,15-16H,1-5H3,(H,31,34,35)/t15-,16+/m0/s1. The normalized spacial score (nSPS) is 12.8. The Morgan fingerprint density at radius 3 is 2.62 bits per heavy atom. The van der Waals surface area contributed by atoms with E-state index in [0.717, 1.165) is 15.8 Å². The van der Waals surface area contributed by atoms with Crippen molar-refractivity contribution in [2.24, 2.45) is 0 Å². The van der Waals surface area contributed by atoms with E-state index < -0.39 is 24.1 Å². The summed E-state index contributed by atoms with van der Waals surface area (Å²) >= 11 is 1.39. The van der Waals surface area contributed by atoms with E-state index in [4.69, 9.17) is 14.2 Å². The molecule has 1 amide bonds. The number of carbonyl (C=O) groups excluding carboxylic acids is 1. The van der Waals surface area contributed by atoms with Crippen LogP contribution in [0.3, 0.4) is 0 Å². The lowest BCUT2D eigenvalue weighted by Gasteiger charge is -2.22. The van der Waals surface area contributed by atoms with Gasteiger partial charge in [0, 0.05) is 17.7 Å². The average Bonchev–Trinajstić information content (AvgIpc) is 3.30. The van der Waals surface area contributed by atoms with Gasteiger partial charge < -0.3 is 14.2 Å². The molecule has 200 valence electrons. The Balaban J connectivity index is 1.35. The van der Waals surface area contributed by atoms with Crippen LogP contribution < -0.4 is 14.8 Å². The second-order valence-electron chi connectivity index (χ2n) is 9.01. The summed E-state index contributed by atoms with van der Waals surface area (Å²) in [6.45, 7) is 7.08. The molecule has 0 aliphatic carbocycles. The third-order valence-corrected chi connectivity index (χ3v) is 6.99. The Labute approximate surface area is 227 Å². The predicted molar refractivity (Wildman–Crippen MR) is 146 cm³/mol. The van der Waals surface area contributed by atoms with Gasteiger partial charge in [0.1, 0.15) is 17.2 Å². The predicted octanol–water partition coefficient (Wildman–Crippen LogP) is 5.87. The van der Waals surface area contributed by atoms with Crippen molar-refractivity contribution in [3.63, 3.8) is 0 Å². The van der Waals surface area contributed by atoms with Gasteiger partial charge in [-0.25, -0.2) is 24.1 Å². The van der Waals surface area contributed by atoms with Crippen LogP contribution in [0.5, 0.6) is 11.6 Å². The summed E-state index contributed by atoms with van der Waals surface area (Å²) < 4.78 is 32.2. The van der Waals surface area contributed by atoms with Crippen molar-refractivity contribution >= 4 is 44.4 Å². The van der Waals surface area contributed by atoms with Gasteiger partial charge in [-0.3, -0.25) is 5.32 Å². The maximum Gasteiger partial charge on any atom is 0.412 e. The van der Waals surface area contributed by atoms with Crippen LogP contribution in [0.1, 0.15) is 25.1 Å². The fraction of sp³-hybridized carbons (Fsp3) is 0.259. The van der Waals surface area contributed by atoms with Crippen LogP contribution in [0, 0.1) is 19.7 Å². The lowest BCUT2D eigenvalue weighted by Crippen LogP contribution is -2.32. The second-order valence-corrected chi connectivity index (χ2v) is 10.0. The smallest absolute Gasteiger partial charge is 0.412 e. The Morgan fingerprint density at radius 1 is 1.03 bits per heavy atom. The van der Waals surface area contributed by atoms with Gasteiger partial charge in [0.2, 0.25) is 5.88 Å². The van der Waals surface area contributed by atoms with Crippen LogP contribution in [-0.2, 0) is 4.74 Å². The number of fused-ring (bicyclic) bond motifs is 2. The maximum atomic E-state index is 15.0. The summed E-state index contributed by atoms with van der Waals surface area (Å²) in [7, 11) is 1.54. The van der Waals surface area contributed by atoms with Crippen LogP contribution in [0.15, 0.2) is 42.7 Å². The quantitative estimate of drug-likeness (QED) is 0.266. The molecule has 10 nitrogen and oxygen atoms in total. The maximum absolute atomic E-state index is 15.0. The molecule has 12 heteroatoms. The first-order valence-corrected chi connectivity index (χ1v) is 12.9. The van der Waals surface area contributed by atoms with Crippen molar-refractivity contribution in [2.45, 2.75) is 39.9 Å². The molecule has 5 rings (SSSR count). The van der Waals surface area contributed by atoms with Gasteiger partial charge in [-0.2, -0.15) is 10.2 Å². The highest BCUT2D eigenvalue weighted by atomic mass is 32.1. The summed E-state index contributed by atoms with van der Waals surface area (Å²) in [4.78, 5) is 25.9. The summed E-state index contributed by atoms with van der Waals surface area (Å²) in [6.07, 6.45) is 0.968. The number of carbonyl (C=O) groups is 1. The molecule has 0 saturated carbocycles. The first-order chi connectivity index (χ1) is 18.7. The van der Waals surface area contributed by atoms with Crippen LogP contribution in [0.2, 0.25) is 0 Å². The van der Waals surface area contributed by atoms with Gasteiger partial charge in [0.05, 0.1) is 52.1 Å². The van der Waals surface area contributed by atoms with E-state index in [9.17, 15) is 4.79 Å². The molecule has 0 saturated heterocycles. The number of aromatic nitrogens is 5. The lowest BCUT2D eigenvalue weighted by molar-refractivity contribution is 0.0402. The average molecular weight is 549 g/mol. The van der Waals surface area contributed by atoms with E-state index >= 15 is 4.39 Å². The third-order valence-electron chi connectivity index (χ3n) is 5.94. The Hall–Kier alpha value is -4.45. The Bertz CT molecular complexity index is 1690. The van der Waals surface area contributed by atoms with E-state index in [2.05, 4.69) is 30.5 Å². The van der Waals surface area contributed by atoms with Gasteiger partial charge in [0.15, 0.2) is 11.6 Å². The fourth-order valence-corrected chi connectivity index (χ4v) is 4.89. The zero-order valence-corrected chi connectivity index (χ0v) is 22.7. The van der Waals surface area contributed by atoms with E-state index in [1.54, 1.807) is 39.1 Å². The number of nitrogens with zero attached hydrogens (tertiary/aromatic N) is 5. The largest absolute Gasteiger partial charge is 0.484 e. The first kappa shape index (κ1) is 26.2. The van der Waals surface area contributed by atoms with Crippen molar-refractivity contribution in [3.05, 3.63) is 59.8 Å². The molecule has 0 aliphatic rings. The highest BCUT2D eigenvalue weighted by Gasteiger charge is 2.22. The molecule has 0 unspecified atom stereocenters. The van der Waals surface area contributed by atoms with E-state index in [0.29, 0.717) is 38.8 Å². The number of benzene rings is 2. The molecule has 0 radical (unpaired) electrons. The number of hydrogen-bond acceptors (Lipinski definition) is 10. The number of anilines is 1. The van der Waals surface area contributed by atoms with Crippen LogP contribution >= 0.6 is 11.3 Å². The van der Waals surface area contributed by atoms with Gasteiger partial charge in [0.25, 0.3) is 0 Å². The number of ether oxygens (including phenoxy) is 3. The number of amides is 1. The van der Waals surface area contributed by atoms with Crippen molar-refractivity contribution in [2.75, 3.05) is 12.4 Å². The molecule has 2 aromatic carbocycles. The zero-order valence-electron chi connectivity index (χ0n) is 21.9. The van der Waals surface area contributed by atoms with Crippen molar-refractivity contribution in [1.29, 1.82) is 0 Å². The highest BCUT2D eigenvalue weighted by molar-refractivity contribution is 7.21. The van der Waals surface area contributed by atoms with Gasteiger partial charge >= 0.3 is 6.09 Å². The molecule has 3 aromatic heterocycles. The number of methoxy groups -OCH3 is 1. The Kier molecular flexibility index (Phi) is 7.20. The van der Waals surface area contributed by atoms with E-state index in [1.165, 1.54) is 30.7 Å². The molecule has 1 N–H and O–H groups in total. The summed E-state index contributed by atoms with van der Waals surface area (Å²) in [5, 5.41) is 10.9. The number of thiazole rings is 1. The van der Waals surface area contributed by atoms with Gasteiger partial charge in [-0.15, -0.1) is 11.3 Å². The number of rotatable bonds is 7.